The summed E-state index contributed by atoms with van der Waals surface area (Å²) in [6.07, 6.45) is 2.47. The lowest BCUT2D eigenvalue weighted by Gasteiger charge is -2.21. The first-order valence-electron chi connectivity index (χ1n) is 10.3. The molecule has 0 aliphatic heterocycles. The van der Waals surface area contributed by atoms with Gasteiger partial charge in [0.1, 0.15) is 17.5 Å². The number of aromatic nitrogens is 2. The second kappa shape index (κ2) is 10.6. The van der Waals surface area contributed by atoms with E-state index >= 15 is 0 Å². The fraction of sp³-hybridized carbons (Fsp3) is 0.348. The molecule has 0 saturated carbocycles. The Kier molecular flexibility index (Phi) is 7.68. The molecule has 0 atom stereocenters. The predicted molar refractivity (Wildman–Crippen MR) is 128 cm³/mol. The van der Waals surface area contributed by atoms with Crippen molar-refractivity contribution >= 4 is 23.1 Å². The standard InChI is InChI=1S/C23H29N7S/c1-17-8-10-18(11-9-17)30-22(25)20(16-24)21(28-30)7-4-13-27-23(26-2)29(3)14-12-19-6-5-15-31-19/h5-6,8-11,15H,4,7,12-14,25H2,1-3H3,(H,26,27). The van der Waals surface area contributed by atoms with Crippen LogP contribution in [0, 0.1) is 18.3 Å². The first kappa shape index (κ1) is 22.4. The normalized spacial score (nSPS) is 11.4. The molecule has 7 nitrogen and oxygen atoms in total. The predicted octanol–water partition coefficient (Wildman–Crippen LogP) is 3.38. The van der Waals surface area contributed by atoms with Crippen LogP contribution in [0.3, 0.4) is 0 Å². The van der Waals surface area contributed by atoms with Gasteiger partial charge in [0, 0.05) is 32.1 Å². The number of hydrogen-bond donors (Lipinski definition) is 2. The Morgan fingerprint density at radius 3 is 2.71 bits per heavy atom. The monoisotopic (exact) mass is 435 g/mol. The van der Waals surface area contributed by atoms with Gasteiger partial charge in [-0.3, -0.25) is 4.99 Å². The third-order valence-corrected chi connectivity index (χ3v) is 6.04. The number of nitrogens with two attached hydrogens (primary N) is 1. The van der Waals surface area contributed by atoms with Crippen LogP contribution in [0.2, 0.25) is 0 Å². The number of nitrogens with one attached hydrogen (secondary N) is 1. The summed E-state index contributed by atoms with van der Waals surface area (Å²) in [5.41, 5.74) is 9.41. The molecular weight excluding hydrogens is 406 g/mol. The molecule has 162 valence electrons. The lowest BCUT2D eigenvalue weighted by Crippen LogP contribution is -2.40. The number of aliphatic imine (C=N–C) groups is 1. The molecule has 1 aromatic carbocycles. The van der Waals surface area contributed by atoms with Crippen molar-refractivity contribution in [2.24, 2.45) is 4.99 Å². The van der Waals surface area contributed by atoms with Gasteiger partial charge in [0.15, 0.2) is 5.96 Å². The maximum absolute atomic E-state index is 9.57. The second-order valence-electron chi connectivity index (χ2n) is 7.39. The highest BCUT2D eigenvalue weighted by Crippen LogP contribution is 2.21. The van der Waals surface area contributed by atoms with Gasteiger partial charge in [-0.2, -0.15) is 10.4 Å². The van der Waals surface area contributed by atoms with Gasteiger partial charge in [-0.25, -0.2) is 4.68 Å². The molecule has 0 bridgehead atoms. The molecule has 8 heteroatoms. The largest absolute Gasteiger partial charge is 0.382 e. The van der Waals surface area contributed by atoms with Crippen LogP contribution in [0.1, 0.15) is 28.1 Å². The average molecular weight is 436 g/mol. The lowest BCUT2D eigenvalue weighted by atomic mass is 10.1. The number of benzene rings is 1. The molecule has 0 fully saturated rings. The number of nitrogen functional groups attached to an aromatic ring is 1. The van der Waals surface area contributed by atoms with Gasteiger partial charge in [0.2, 0.25) is 0 Å². The van der Waals surface area contributed by atoms with E-state index in [0.717, 1.165) is 48.8 Å². The smallest absolute Gasteiger partial charge is 0.193 e. The Bertz CT molecular complexity index is 1040. The third kappa shape index (κ3) is 5.64. The minimum absolute atomic E-state index is 0.387. The number of guanidine groups is 1. The van der Waals surface area contributed by atoms with Crippen molar-refractivity contribution < 1.29 is 0 Å². The number of nitriles is 1. The molecule has 2 aromatic heterocycles. The van der Waals surface area contributed by atoms with Crippen molar-refractivity contribution in [3.05, 3.63) is 63.5 Å². The highest BCUT2D eigenvalue weighted by Gasteiger charge is 2.16. The SMILES string of the molecule is CN=C(NCCCc1nn(-c2ccc(C)cc2)c(N)c1C#N)N(C)CCc1cccs1. The molecule has 3 rings (SSSR count). The number of rotatable bonds is 8. The van der Waals surface area contributed by atoms with Crippen molar-refractivity contribution in [2.75, 3.05) is 32.9 Å². The van der Waals surface area contributed by atoms with Crippen LogP contribution in [-0.4, -0.2) is 47.8 Å². The molecule has 0 radical (unpaired) electrons. The summed E-state index contributed by atoms with van der Waals surface area (Å²) < 4.78 is 1.65. The van der Waals surface area contributed by atoms with Crippen molar-refractivity contribution in [1.29, 1.82) is 5.26 Å². The number of aryl methyl sites for hydroxylation is 2. The van der Waals surface area contributed by atoms with E-state index in [9.17, 15) is 5.26 Å². The molecule has 0 amide bonds. The van der Waals surface area contributed by atoms with Crippen molar-refractivity contribution in [2.45, 2.75) is 26.2 Å². The minimum atomic E-state index is 0.387. The van der Waals surface area contributed by atoms with Crippen LogP contribution in [-0.2, 0) is 12.8 Å². The Balaban J connectivity index is 1.55. The van der Waals surface area contributed by atoms with Crippen LogP contribution in [0.4, 0.5) is 5.82 Å². The molecule has 31 heavy (non-hydrogen) atoms. The first-order valence-corrected chi connectivity index (χ1v) is 11.2. The topological polar surface area (TPSA) is 95.3 Å². The summed E-state index contributed by atoms with van der Waals surface area (Å²) in [6, 6.07) is 14.4. The van der Waals surface area contributed by atoms with Gasteiger partial charge in [-0.1, -0.05) is 23.8 Å². The van der Waals surface area contributed by atoms with Crippen molar-refractivity contribution in [1.82, 2.24) is 20.0 Å². The lowest BCUT2D eigenvalue weighted by molar-refractivity contribution is 0.485. The van der Waals surface area contributed by atoms with Gasteiger partial charge >= 0.3 is 0 Å². The molecular formula is C23H29N7S. The van der Waals surface area contributed by atoms with E-state index in [1.807, 2.05) is 38.2 Å². The molecule has 0 aliphatic rings. The van der Waals surface area contributed by atoms with E-state index in [1.165, 1.54) is 4.88 Å². The molecule has 0 aliphatic carbocycles. The molecule has 0 spiro atoms. The summed E-state index contributed by atoms with van der Waals surface area (Å²) in [5, 5.41) is 19.7. The Hall–Kier alpha value is -3.31. The Labute approximate surface area is 187 Å². The second-order valence-corrected chi connectivity index (χ2v) is 8.43. The zero-order valence-corrected chi connectivity index (χ0v) is 19.1. The van der Waals surface area contributed by atoms with Crippen LogP contribution >= 0.6 is 11.3 Å². The Morgan fingerprint density at radius 2 is 2.06 bits per heavy atom. The first-order chi connectivity index (χ1) is 15.0. The van der Waals surface area contributed by atoms with E-state index in [1.54, 1.807) is 23.1 Å². The van der Waals surface area contributed by atoms with Crippen LogP contribution in [0.25, 0.3) is 5.69 Å². The molecule has 0 unspecified atom stereocenters. The van der Waals surface area contributed by atoms with Crippen molar-refractivity contribution in [3.8, 4) is 11.8 Å². The Morgan fingerprint density at radius 1 is 1.29 bits per heavy atom. The van der Waals surface area contributed by atoms with Gasteiger partial charge in [0.05, 0.1) is 11.4 Å². The number of nitrogens with zero attached hydrogens (tertiary/aromatic N) is 5. The average Bonchev–Trinajstić information content (AvgIpc) is 3.40. The fourth-order valence-electron chi connectivity index (χ4n) is 3.34. The summed E-state index contributed by atoms with van der Waals surface area (Å²) in [4.78, 5) is 7.87. The van der Waals surface area contributed by atoms with Gasteiger partial charge in [0.25, 0.3) is 0 Å². The van der Waals surface area contributed by atoms with Crippen LogP contribution in [0.15, 0.2) is 46.8 Å². The highest BCUT2D eigenvalue weighted by molar-refractivity contribution is 7.09. The van der Waals surface area contributed by atoms with Gasteiger partial charge < -0.3 is 16.0 Å². The van der Waals surface area contributed by atoms with E-state index in [0.29, 0.717) is 17.8 Å². The van der Waals surface area contributed by atoms with Gasteiger partial charge in [-0.15, -0.1) is 11.3 Å². The number of hydrogen-bond acceptors (Lipinski definition) is 5. The number of likely N-dealkylation sites (N-methyl/N-ethyl adjacent to an activating group) is 1. The number of thiophene rings is 1. The highest BCUT2D eigenvalue weighted by atomic mass is 32.1. The van der Waals surface area contributed by atoms with E-state index in [4.69, 9.17) is 5.73 Å². The zero-order chi connectivity index (χ0) is 22.2. The fourth-order valence-corrected chi connectivity index (χ4v) is 4.04. The molecule has 0 saturated heterocycles. The van der Waals surface area contributed by atoms with E-state index < -0.39 is 0 Å². The third-order valence-electron chi connectivity index (χ3n) is 5.10. The molecule has 3 N–H and O–H groups in total. The summed E-state index contributed by atoms with van der Waals surface area (Å²) in [6.45, 7) is 3.66. The number of anilines is 1. The summed E-state index contributed by atoms with van der Waals surface area (Å²) in [7, 11) is 3.84. The quantitative estimate of drug-likeness (QED) is 0.321. The van der Waals surface area contributed by atoms with Crippen molar-refractivity contribution in [3.63, 3.8) is 0 Å². The maximum Gasteiger partial charge on any atom is 0.193 e. The maximum atomic E-state index is 9.57. The molecule has 2 heterocycles. The van der Waals surface area contributed by atoms with Gasteiger partial charge in [-0.05, 0) is 49.8 Å². The van der Waals surface area contributed by atoms with E-state index in [-0.39, 0.29) is 0 Å². The van der Waals surface area contributed by atoms with Crippen LogP contribution in [0.5, 0.6) is 0 Å². The minimum Gasteiger partial charge on any atom is -0.382 e. The zero-order valence-electron chi connectivity index (χ0n) is 18.3. The summed E-state index contributed by atoms with van der Waals surface area (Å²) >= 11 is 1.78. The summed E-state index contributed by atoms with van der Waals surface area (Å²) in [5.74, 6) is 1.25. The van der Waals surface area contributed by atoms with E-state index in [2.05, 4.69) is 43.9 Å². The molecule has 3 aromatic rings. The van der Waals surface area contributed by atoms with Crippen LogP contribution < -0.4 is 11.1 Å².